The van der Waals surface area contributed by atoms with Crippen LogP contribution in [0.1, 0.15) is 12.0 Å². The molecule has 1 aliphatic rings. The maximum Gasteiger partial charge on any atom is 0.410 e. The van der Waals surface area contributed by atoms with Crippen molar-refractivity contribution in [3.63, 3.8) is 0 Å². The van der Waals surface area contributed by atoms with E-state index in [9.17, 15) is 9.59 Å². The molecule has 0 saturated carbocycles. The highest BCUT2D eigenvalue weighted by Gasteiger charge is 2.31. The van der Waals surface area contributed by atoms with Crippen LogP contribution < -0.4 is 0 Å². The highest BCUT2D eigenvalue weighted by molar-refractivity contribution is 5.80. The zero-order valence-corrected chi connectivity index (χ0v) is 10.4. The van der Waals surface area contributed by atoms with Crippen molar-refractivity contribution in [3.8, 4) is 0 Å². The van der Waals surface area contributed by atoms with Crippen LogP contribution in [0.3, 0.4) is 0 Å². The molecule has 0 aliphatic carbocycles. The van der Waals surface area contributed by atoms with Gasteiger partial charge in [-0.1, -0.05) is 36.4 Å². The van der Waals surface area contributed by atoms with Gasteiger partial charge in [-0.3, -0.25) is 0 Å². The Labute approximate surface area is 111 Å². The van der Waals surface area contributed by atoms with E-state index in [2.05, 4.69) is 0 Å². The smallest absolute Gasteiger partial charge is 0.410 e. The average molecular weight is 261 g/mol. The standard InChI is InChI=1S/C14H15NO4/c16-13(17)7-6-12-8-9-15(12)14(18)19-10-11-4-2-1-3-5-11/h1-7,12H,8-10H2,(H,16,17)/b7-6+. The molecule has 1 fully saturated rings. The molecule has 1 heterocycles. The number of hydrogen-bond acceptors (Lipinski definition) is 3. The van der Waals surface area contributed by atoms with Crippen LogP contribution in [0.5, 0.6) is 0 Å². The summed E-state index contributed by atoms with van der Waals surface area (Å²) in [5.41, 5.74) is 0.925. The number of carbonyl (C=O) groups excluding carboxylic acids is 1. The fraction of sp³-hybridized carbons (Fsp3) is 0.286. The van der Waals surface area contributed by atoms with Crippen LogP contribution in [0, 0.1) is 0 Å². The van der Waals surface area contributed by atoms with Gasteiger partial charge in [0, 0.05) is 12.6 Å². The molecular formula is C14H15NO4. The van der Waals surface area contributed by atoms with E-state index in [-0.39, 0.29) is 12.6 Å². The van der Waals surface area contributed by atoms with E-state index < -0.39 is 12.1 Å². The van der Waals surface area contributed by atoms with Gasteiger partial charge in [-0.2, -0.15) is 0 Å². The summed E-state index contributed by atoms with van der Waals surface area (Å²) in [4.78, 5) is 23.7. The third-order valence-corrected chi connectivity index (χ3v) is 2.97. The lowest BCUT2D eigenvalue weighted by Crippen LogP contribution is -2.50. The van der Waals surface area contributed by atoms with Gasteiger partial charge in [0.2, 0.25) is 0 Å². The quantitative estimate of drug-likeness (QED) is 0.842. The van der Waals surface area contributed by atoms with Crippen molar-refractivity contribution in [3.05, 3.63) is 48.0 Å². The first kappa shape index (κ1) is 13.1. The van der Waals surface area contributed by atoms with Crippen molar-refractivity contribution in [2.24, 2.45) is 0 Å². The number of nitrogens with zero attached hydrogens (tertiary/aromatic N) is 1. The molecule has 1 saturated heterocycles. The molecule has 19 heavy (non-hydrogen) atoms. The summed E-state index contributed by atoms with van der Waals surface area (Å²) in [6.45, 7) is 0.827. The molecule has 1 N–H and O–H groups in total. The van der Waals surface area contributed by atoms with Crippen LogP contribution in [-0.2, 0) is 16.1 Å². The number of carbonyl (C=O) groups is 2. The minimum atomic E-state index is -1.01. The number of hydrogen-bond donors (Lipinski definition) is 1. The molecule has 1 aromatic carbocycles. The molecule has 1 amide bonds. The van der Waals surface area contributed by atoms with Crippen molar-refractivity contribution in [2.45, 2.75) is 19.1 Å². The third-order valence-electron chi connectivity index (χ3n) is 2.97. The number of ether oxygens (including phenoxy) is 1. The highest BCUT2D eigenvalue weighted by atomic mass is 16.6. The lowest BCUT2D eigenvalue weighted by Gasteiger charge is -2.38. The number of amides is 1. The Balaban J connectivity index is 1.82. The lowest BCUT2D eigenvalue weighted by atomic mass is 10.0. The summed E-state index contributed by atoms with van der Waals surface area (Å²) in [7, 11) is 0. The van der Waals surface area contributed by atoms with Crippen LogP contribution in [0.2, 0.25) is 0 Å². The molecule has 5 nitrogen and oxygen atoms in total. The van der Waals surface area contributed by atoms with Crippen LogP contribution >= 0.6 is 0 Å². The Bertz CT molecular complexity index is 483. The normalized spacial score (nSPS) is 18.1. The van der Waals surface area contributed by atoms with Gasteiger partial charge in [0.15, 0.2) is 0 Å². The van der Waals surface area contributed by atoms with Crippen LogP contribution in [0.4, 0.5) is 4.79 Å². The predicted octanol–water partition coefficient (Wildman–Crippen LogP) is 2.04. The molecule has 0 bridgehead atoms. The SMILES string of the molecule is O=C(O)/C=C/C1CCN1C(=O)OCc1ccccc1. The average Bonchev–Trinajstić information content (AvgIpc) is 2.36. The van der Waals surface area contributed by atoms with Crippen LogP contribution in [-0.4, -0.2) is 34.7 Å². The summed E-state index contributed by atoms with van der Waals surface area (Å²) < 4.78 is 5.17. The molecule has 2 rings (SSSR count). The van der Waals surface area contributed by atoms with Crippen molar-refractivity contribution >= 4 is 12.1 Å². The second kappa shape index (κ2) is 6.04. The number of benzene rings is 1. The van der Waals surface area contributed by atoms with Gasteiger partial charge in [0.25, 0.3) is 0 Å². The van der Waals surface area contributed by atoms with Gasteiger partial charge < -0.3 is 14.7 Å². The van der Waals surface area contributed by atoms with Gasteiger partial charge in [-0.15, -0.1) is 0 Å². The molecular weight excluding hydrogens is 246 g/mol. The maximum atomic E-state index is 11.8. The largest absolute Gasteiger partial charge is 0.478 e. The van der Waals surface area contributed by atoms with Crippen LogP contribution in [0.25, 0.3) is 0 Å². The summed E-state index contributed by atoms with van der Waals surface area (Å²) in [6, 6.07) is 9.25. The molecule has 0 radical (unpaired) electrons. The molecule has 5 heteroatoms. The van der Waals surface area contributed by atoms with Crippen molar-refractivity contribution in [2.75, 3.05) is 6.54 Å². The Morgan fingerprint density at radius 3 is 2.68 bits per heavy atom. The molecule has 1 unspecified atom stereocenters. The van der Waals surface area contributed by atoms with Crippen molar-refractivity contribution < 1.29 is 19.4 Å². The van der Waals surface area contributed by atoms with E-state index in [4.69, 9.17) is 9.84 Å². The molecule has 0 aromatic heterocycles. The first-order valence-electron chi connectivity index (χ1n) is 6.05. The fourth-order valence-electron chi connectivity index (χ4n) is 1.83. The van der Waals surface area contributed by atoms with E-state index >= 15 is 0 Å². The number of carboxylic acids is 1. The Morgan fingerprint density at radius 1 is 1.37 bits per heavy atom. The zero-order valence-electron chi connectivity index (χ0n) is 10.4. The Hall–Kier alpha value is -2.30. The van der Waals surface area contributed by atoms with Gasteiger partial charge in [-0.25, -0.2) is 9.59 Å². The summed E-state index contributed by atoms with van der Waals surface area (Å²) >= 11 is 0. The third kappa shape index (κ3) is 3.58. The number of likely N-dealkylation sites (tertiary alicyclic amines) is 1. The van der Waals surface area contributed by atoms with Gasteiger partial charge in [-0.05, 0) is 12.0 Å². The highest BCUT2D eigenvalue weighted by Crippen LogP contribution is 2.20. The van der Waals surface area contributed by atoms with E-state index in [0.717, 1.165) is 18.1 Å². The predicted molar refractivity (Wildman–Crippen MR) is 68.5 cm³/mol. The number of aliphatic carboxylic acids is 1. The van der Waals surface area contributed by atoms with Gasteiger partial charge in [0.05, 0.1) is 6.04 Å². The van der Waals surface area contributed by atoms with E-state index in [1.54, 1.807) is 0 Å². The number of carboxylic acid groups (broad SMARTS) is 1. The molecule has 1 atom stereocenters. The maximum absolute atomic E-state index is 11.8. The molecule has 1 aromatic rings. The minimum Gasteiger partial charge on any atom is -0.478 e. The molecule has 1 aliphatic heterocycles. The monoisotopic (exact) mass is 261 g/mol. The summed E-state index contributed by atoms with van der Waals surface area (Å²) in [5, 5.41) is 8.54. The van der Waals surface area contributed by atoms with Crippen molar-refractivity contribution in [1.82, 2.24) is 4.90 Å². The first-order valence-corrected chi connectivity index (χ1v) is 6.05. The van der Waals surface area contributed by atoms with Crippen molar-refractivity contribution in [1.29, 1.82) is 0 Å². The second-order valence-corrected chi connectivity index (χ2v) is 4.29. The van der Waals surface area contributed by atoms with E-state index in [1.807, 2.05) is 30.3 Å². The van der Waals surface area contributed by atoms with Gasteiger partial charge >= 0.3 is 12.1 Å². The molecule has 0 spiro atoms. The van der Waals surface area contributed by atoms with E-state index in [1.165, 1.54) is 11.0 Å². The Kier molecular flexibility index (Phi) is 4.18. The topological polar surface area (TPSA) is 66.8 Å². The van der Waals surface area contributed by atoms with E-state index in [0.29, 0.717) is 6.54 Å². The molecule has 100 valence electrons. The Morgan fingerprint density at radius 2 is 2.11 bits per heavy atom. The first-order chi connectivity index (χ1) is 9.16. The summed E-state index contributed by atoms with van der Waals surface area (Å²) in [6.07, 6.45) is 2.93. The second-order valence-electron chi connectivity index (χ2n) is 4.29. The zero-order chi connectivity index (χ0) is 13.7. The lowest BCUT2D eigenvalue weighted by molar-refractivity contribution is -0.131. The summed E-state index contributed by atoms with van der Waals surface area (Å²) in [5.74, 6) is -1.01. The number of rotatable bonds is 4. The fourth-order valence-corrected chi connectivity index (χ4v) is 1.83. The van der Waals surface area contributed by atoms with Gasteiger partial charge in [0.1, 0.15) is 6.61 Å². The van der Waals surface area contributed by atoms with Crippen LogP contribution in [0.15, 0.2) is 42.5 Å². The minimum absolute atomic E-state index is 0.167.